The Balaban J connectivity index is 0.000000221. The van der Waals surface area contributed by atoms with E-state index in [1.807, 2.05) is 19.9 Å². The molecule has 2 N–H and O–H groups in total. The van der Waals surface area contributed by atoms with Crippen molar-refractivity contribution in [2.24, 2.45) is 10.8 Å². The third kappa shape index (κ3) is 12.0. The summed E-state index contributed by atoms with van der Waals surface area (Å²) in [5.74, 6) is -2.15. The molecule has 2 heterocycles. The second-order valence-corrected chi connectivity index (χ2v) is 17.8. The summed E-state index contributed by atoms with van der Waals surface area (Å²) in [7, 11) is -2.24. The summed E-state index contributed by atoms with van der Waals surface area (Å²) in [6, 6.07) is 11.7. The molecule has 2 aromatic carbocycles. The van der Waals surface area contributed by atoms with E-state index in [0.717, 1.165) is 61.6 Å². The van der Waals surface area contributed by atoms with E-state index in [-0.39, 0.29) is 51.1 Å². The molecule has 2 atom stereocenters. The van der Waals surface area contributed by atoms with Crippen LogP contribution in [0.3, 0.4) is 0 Å². The van der Waals surface area contributed by atoms with Gasteiger partial charge < -0.3 is 33.2 Å². The van der Waals surface area contributed by atoms with Crippen LogP contribution in [0.1, 0.15) is 110 Å². The molecule has 0 saturated heterocycles. The molecule has 342 valence electrons. The summed E-state index contributed by atoms with van der Waals surface area (Å²) in [6.45, 7) is 8.33. The van der Waals surface area contributed by atoms with Crippen molar-refractivity contribution in [3.63, 3.8) is 0 Å². The highest BCUT2D eigenvalue weighted by Crippen LogP contribution is 2.53. The third-order valence-corrected chi connectivity index (χ3v) is 12.3. The van der Waals surface area contributed by atoms with Crippen molar-refractivity contribution in [3.05, 3.63) is 94.8 Å². The monoisotopic (exact) mass is 908 g/mol. The Labute approximate surface area is 363 Å². The van der Waals surface area contributed by atoms with Gasteiger partial charge in [-0.15, -0.1) is 0 Å². The molecule has 2 fully saturated rings. The molecule has 0 amide bonds. The fraction of sp³-hybridized carbons (Fsp3) is 0.442. The SMILES string of the molecule is COC(=O)c1ccc(-c2cc(OC)ncc2F)c([C@@H]2CCCC2(C)C)c1.COC(=O)c1ccc(OS(=O)(=O)C(F)(F)F)c([C@@H]2CCCC2(C)C)c1.COc1cc(B(O)O)c(F)cn1. The molecule has 2 saturated carbocycles. The lowest BCUT2D eigenvalue weighted by Gasteiger charge is -2.29. The zero-order valence-corrected chi connectivity index (χ0v) is 36.8. The number of pyridine rings is 2. The second-order valence-electron chi connectivity index (χ2n) is 16.2. The summed E-state index contributed by atoms with van der Waals surface area (Å²) in [5.41, 5.74) is -2.92. The van der Waals surface area contributed by atoms with Gasteiger partial charge in [0.1, 0.15) is 17.4 Å². The molecular formula is C43H50BF5N2O11S. The van der Waals surface area contributed by atoms with Gasteiger partial charge in [-0.2, -0.15) is 21.6 Å². The number of benzene rings is 2. The van der Waals surface area contributed by atoms with Crippen molar-refractivity contribution < 1.29 is 73.1 Å². The minimum absolute atomic E-state index is 0.0804. The normalized spacial score (nSPS) is 17.6. The van der Waals surface area contributed by atoms with Crippen molar-refractivity contribution in [2.75, 3.05) is 28.4 Å². The number of halogens is 5. The van der Waals surface area contributed by atoms with Crippen molar-refractivity contribution in [1.82, 2.24) is 9.97 Å². The van der Waals surface area contributed by atoms with E-state index in [9.17, 15) is 40.0 Å². The van der Waals surface area contributed by atoms with E-state index in [0.29, 0.717) is 23.4 Å². The number of ether oxygens (including phenoxy) is 4. The molecule has 2 aromatic heterocycles. The zero-order valence-electron chi connectivity index (χ0n) is 36.0. The zero-order chi connectivity index (χ0) is 47.1. The van der Waals surface area contributed by atoms with Gasteiger partial charge in [0.05, 0.1) is 52.0 Å². The Bertz CT molecular complexity index is 2380. The molecule has 13 nitrogen and oxygen atoms in total. The van der Waals surface area contributed by atoms with Gasteiger partial charge in [0.25, 0.3) is 0 Å². The molecule has 0 spiro atoms. The van der Waals surface area contributed by atoms with E-state index in [1.165, 1.54) is 46.8 Å². The lowest BCUT2D eigenvalue weighted by atomic mass is 9.75. The maximum Gasteiger partial charge on any atom is 0.534 e. The van der Waals surface area contributed by atoms with E-state index in [4.69, 9.17) is 19.5 Å². The van der Waals surface area contributed by atoms with Crippen LogP contribution in [0.25, 0.3) is 11.1 Å². The average Bonchev–Trinajstić information content (AvgIpc) is 3.79. The maximum atomic E-state index is 14.6. The minimum Gasteiger partial charge on any atom is -0.481 e. The standard InChI is InChI=1S/C21H24FNO3.C16H19F3O5S.C6H7BFNO3/c1-21(2)9-5-6-17(21)15-10-13(20(24)26-4)7-8-14(15)16-11-19(25-3)23-12-18(16)22;1-15(2)8-4-5-12(15)11-9-10(14(20)23-3)6-7-13(11)24-25(21,22)16(17,18)19;1-12-6-2-4(7(10)11)5(8)3-9-6/h7-8,10-12,17H,5-6,9H2,1-4H3;6-7,9,12H,4-5,8H2,1-3H3;2-3,10-11H,1H3/t17-;12-;/m00./s1. The Morgan fingerprint density at radius 3 is 1.65 bits per heavy atom. The molecule has 0 unspecified atom stereocenters. The van der Waals surface area contributed by atoms with Crippen molar-refractivity contribution in [1.29, 1.82) is 0 Å². The first-order chi connectivity index (χ1) is 29.4. The fourth-order valence-electron chi connectivity index (χ4n) is 7.94. The maximum absolute atomic E-state index is 14.6. The van der Waals surface area contributed by atoms with Gasteiger partial charge in [-0.25, -0.2) is 28.3 Å². The Hall–Kier alpha value is -5.34. The van der Waals surface area contributed by atoms with Crippen molar-refractivity contribution in [2.45, 2.75) is 83.6 Å². The Morgan fingerprint density at radius 1 is 0.714 bits per heavy atom. The second kappa shape index (κ2) is 20.4. The van der Waals surface area contributed by atoms with Crippen molar-refractivity contribution >= 4 is 34.6 Å². The number of rotatable bonds is 10. The number of esters is 2. The number of carbonyl (C=O) groups excluding carboxylic acids is 2. The molecule has 2 aliphatic carbocycles. The summed E-state index contributed by atoms with van der Waals surface area (Å²) in [4.78, 5) is 31.2. The van der Waals surface area contributed by atoms with Gasteiger partial charge in [-0.3, -0.25) is 0 Å². The van der Waals surface area contributed by atoms with Crippen LogP contribution in [0.4, 0.5) is 22.0 Å². The van der Waals surface area contributed by atoms with E-state index < -0.39 is 46.1 Å². The number of alkyl halides is 3. The van der Waals surface area contributed by atoms with Crippen LogP contribution in [-0.2, 0) is 19.6 Å². The summed E-state index contributed by atoms with van der Waals surface area (Å²) in [6.07, 6.45) is 7.58. The molecule has 4 aromatic rings. The van der Waals surface area contributed by atoms with Gasteiger partial charge in [0.2, 0.25) is 11.8 Å². The number of aromatic nitrogens is 2. The molecular weight excluding hydrogens is 858 g/mol. The van der Waals surface area contributed by atoms with Crippen LogP contribution in [-0.4, -0.2) is 81.4 Å². The highest BCUT2D eigenvalue weighted by atomic mass is 32.2. The molecule has 2 aliphatic rings. The van der Waals surface area contributed by atoms with E-state index >= 15 is 0 Å². The first-order valence-corrected chi connectivity index (χ1v) is 21.0. The van der Waals surface area contributed by atoms with Gasteiger partial charge in [0.15, 0.2) is 0 Å². The lowest BCUT2D eigenvalue weighted by Crippen LogP contribution is -2.33. The van der Waals surface area contributed by atoms with Crippen LogP contribution in [0, 0.1) is 22.5 Å². The van der Waals surface area contributed by atoms with Gasteiger partial charge >= 0.3 is 34.7 Å². The number of methoxy groups -OCH3 is 4. The van der Waals surface area contributed by atoms with Crippen LogP contribution in [0.2, 0.25) is 0 Å². The topological polar surface area (TPSA) is 181 Å². The van der Waals surface area contributed by atoms with Crippen LogP contribution in [0.15, 0.2) is 60.9 Å². The van der Waals surface area contributed by atoms with Crippen LogP contribution >= 0.6 is 0 Å². The summed E-state index contributed by atoms with van der Waals surface area (Å²) >= 11 is 0. The predicted molar refractivity (Wildman–Crippen MR) is 222 cm³/mol. The lowest BCUT2D eigenvalue weighted by molar-refractivity contribution is -0.0500. The van der Waals surface area contributed by atoms with E-state index in [1.54, 1.807) is 18.2 Å². The molecule has 0 aliphatic heterocycles. The highest BCUT2D eigenvalue weighted by Gasteiger charge is 2.49. The third-order valence-electron chi connectivity index (χ3n) is 11.3. The van der Waals surface area contributed by atoms with Gasteiger partial charge in [-0.1, -0.05) is 46.6 Å². The predicted octanol–water partition coefficient (Wildman–Crippen LogP) is 7.88. The minimum atomic E-state index is -5.79. The number of nitrogens with zero attached hydrogens (tertiary/aromatic N) is 2. The number of hydrogen-bond acceptors (Lipinski definition) is 13. The molecule has 0 radical (unpaired) electrons. The molecule has 6 rings (SSSR count). The van der Waals surface area contributed by atoms with Gasteiger partial charge in [-0.05, 0) is 89.8 Å². The summed E-state index contributed by atoms with van der Waals surface area (Å²) in [5, 5.41) is 17.3. The molecule has 0 bridgehead atoms. The average molecular weight is 909 g/mol. The number of hydrogen-bond donors (Lipinski definition) is 2. The van der Waals surface area contributed by atoms with Gasteiger partial charge in [0, 0.05) is 28.7 Å². The molecule has 63 heavy (non-hydrogen) atoms. The van der Waals surface area contributed by atoms with Crippen molar-refractivity contribution in [3.8, 4) is 28.6 Å². The quantitative estimate of drug-likeness (QED) is 0.0516. The summed E-state index contributed by atoms with van der Waals surface area (Å²) < 4.78 is 112. The molecule has 20 heteroatoms. The highest BCUT2D eigenvalue weighted by molar-refractivity contribution is 7.88. The Kier molecular flexibility index (Phi) is 16.3. The number of carbonyl (C=O) groups is 2. The van der Waals surface area contributed by atoms with Crippen LogP contribution < -0.4 is 19.1 Å². The van der Waals surface area contributed by atoms with Crippen LogP contribution in [0.5, 0.6) is 17.5 Å². The smallest absolute Gasteiger partial charge is 0.481 e. The first-order valence-electron chi connectivity index (χ1n) is 19.6. The largest absolute Gasteiger partial charge is 0.534 e. The Morgan fingerprint density at radius 2 is 1.19 bits per heavy atom. The fourth-order valence-corrected chi connectivity index (χ4v) is 8.42. The van der Waals surface area contributed by atoms with E-state index in [2.05, 4.69) is 37.5 Å². The first kappa shape index (κ1) is 50.3.